The Hall–Kier alpha value is -2.33. The first kappa shape index (κ1) is 21.0. The predicted octanol–water partition coefficient (Wildman–Crippen LogP) is 2.78. The second-order valence-electron chi connectivity index (χ2n) is 5.20. The number of aromatic nitrogens is 2. The van der Waals surface area contributed by atoms with Crippen molar-refractivity contribution in [3.63, 3.8) is 0 Å². The van der Waals surface area contributed by atoms with Crippen molar-refractivity contribution in [1.82, 2.24) is 10.2 Å². The van der Waals surface area contributed by atoms with Crippen LogP contribution in [-0.2, 0) is 20.7 Å². The molecule has 1 heterocycles. The van der Waals surface area contributed by atoms with Crippen LogP contribution in [0.3, 0.4) is 0 Å². The van der Waals surface area contributed by atoms with E-state index in [-0.39, 0.29) is 17.6 Å². The summed E-state index contributed by atoms with van der Waals surface area (Å²) in [4.78, 5) is 23.4. The molecule has 8 nitrogen and oxygen atoms in total. The van der Waals surface area contributed by atoms with Crippen LogP contribution in [0.2, 0.25) is 0 Å². The number of hydrogen-bond acceptors (Lipinski definition) is 9. The van der Waals surface area contributed by atoms with Gasteiger partial charge in [0.2, 0.25) is 11.0 Å². The summed E-state index contributed by atoms with van der Waals surface area (Å²) in [6, 6.07) is 5.55. The molecule has 1 amide bonds. The highest BCUT2D eigenvalue weighted by molar-refractivity contribution is 8.01. The number of amides is 1. The third-order valence-electron chi connectivity index (χ3n) is 3.36. The van der Waals surface area contributed by atoms with E-state index in [1.54, 1.807) is 21.1 Å². The molecule has 0 saturated heterocycles. The van der Waals surface area contributed by atoms with Crippen LogP contribution in [0.5, 0.6) is 11.5 Å². The lowest BCUT2D eigenvalue weighted by atomic mass is 10.1. The third kappa shape index (κ3) is 6.72. The summed E-state index contributed by atoms with van der Waals surface area (Å²) in [5.74, 6) is 0.965. The number of benzene rings is 1. The van der Waals surface area contributed by atoms with Crippen molar-refractivity contribution in [2.24, 2.45) is 0 Å². The second kappa shape index (κ2) is 10.7. The molecule has 0 atom stereocenters. The van der Waals surface area contributed by atoms with E-state index in [0.29, 0.717) is 40.4 Å². The Balaban J connectivity index is 1.81. The Kier molecular flexibility index (Phi) is 8.34. The summed E-state index contributed by atoms with van der Waals surface area (Å²) in [6.45, 7) is 2.10. The Labute approximate surface area is 165 Å². The number of rotatable bonds is 10. The molecule has 0 spiro atoms. The van der Waals surface area contributed by atoms with Crippen molar-refractivity contribution >= 4 is 40.1 Å². The number of nitrogens with zero attached hydrogens (tertiary/aromatic N) is 2. The van der Waals surface area contributed by atoms with Gasteiger partial charge in [0.1, 0.15) is 0 Å². The van der Waals surface area contributed by atoms with Gasteiger partial charge >= 0.3 is 5.97 Å². The van der Waals surface area contributed by atoms with Gasteiger partial charge in [-0.2, -0.15) is 0 Å². The zero-order chi connectivity index (χ0) is 19.6. The van der Waals surface area contributed by atoms with E-state index in [9.17, 15) is 9.59 Å². The molecular weight excluding hydrogens is 390 g/mol. The summed E-state index contributed by atoms with van der Waals surface area (Å²) in [5.41, 5.74) is 0.964. The summed E-state index contributed by atoms with van der Waals surface area (Å²) < 4.78 is 15.9. The van der Waals surface area contributed by atoms with E-state index >= 15 is 0 Å². The number of aryl methyl sites for hydroxylation is 1. The van der Waals surface area contributed by atoms with Gasteiger partial charge in [0.05, 0.1) is 26.6 Å². The first-order chi connectivity index (χ1) is 13.0. The summed E-state index contributed by atoms with van der Waals surface area (Å²) in [7, 11) is 3.15. The Bertz CT molecular complexity index is 782. The largest absolute Gasteiger partial charge is 0.493 e. The summed E-state index contributed by atoms with van der Waals surface area (Å²) >= 11 is 2.45. The van der Waals surface area contributed by atoms with E-state index in [0.717, 1.165) is 5.56 Å². The van der Waals surface area contributed by atoms with Gasteiger partial charge in [-0.3, -0.25) is 9.59 Å². The smallest absolute Gasteiger partial charge is 0.316 e. The van der Waals surface area contributed by atoms with Gasteiger partial charge in [-0.05, 0) is 31.0 Å². The van der Waals surface area contributed by atoms with Crippen LogP contribution in [0, 0.1) is 0 Å². The van der Waals surface area contributed by atoms with Crippen LogP contribution in [0.15, 0.2) is 22.5 Å². The number of esters is 1. The van der Waals surface area contributed by atoms with Gasteiger partial charge in [0.25, 0.3) is 0 Å². The topological polar surface area (TPSA) is 99.6 Å². The van der Waals surface area contributed by atoms with Crippen molar-refractivity contribution in [2.45, 2.75) is 24.1 Å². The Morgan fingerprint density at radius 3 is 2.67 bits per heavy atom. The molecule has 1 N–H and O–H groups in total. The van der Waals surface area contributed by atoms with Crippen molar-refractivity contribution in [1.29, 1.82) is 0 Å². The van der Waals surface area contributed by atoms with Crippen LogP contribution in [0.4, 0.5) is 5.13 Å². The van der Waals surface area contributed by atoms with Gasteiger partial charge in [0.15, 0.2) is 15.8 Å². The van der Waals surface area contributed by atoms with Gasteiger partial charge in [0, 0.05) is 6.42 Å². The number of carbonyl (C=O) groups excluding carboxylic acids is 2. The number of nitrogens with one attached hydrogen (secondary N) is 1. The maximum Gasteiger partial charge on any atom is 0.316 e. The minimum atomic E-state index is -0.307. The van der Waals surface area contributed by atoms with Crippen LogP contribution in [-0.4, -0.2) is 48.7 Å². The lowest BCUT2D eigenvalue weighted by Gasteiger charge is -2.09. The van der Waals surface area contributed by atoms with E-state index in [4.69, 9.17) is 14.2 Å². The van der Waals surface area contributed by atoms with Crippen LogP contribution in [0.1, 0.15) is 18.9 Å². The fourth-order valence-corrected chi connectivity index (χ4v) is 3.68. The van der Waals surface area contributed by atoms with Crippen LogP contribution in [0.25, 0.3) is 0 Å². The van der Waals surface area contributed by atoms with Gasteiger partial charge < -0.3 is 19.5 Å². The lowest BCUT2D eigenvalue weighted by molar-refractivity contribution is -0.139. The molecule has 2 rings (SSSR count). The molecule has 0 fully saturated rings. The summed E-state index contributed by atoms with van der Waals surface area (Å²) in [5, 5.41) is 11.0. The SMILES string of the molecule is CCOC(=O)CSc1nnc(NC(=O)CCc2ccc(OC)c(OC)c2)s1. The van der Waals surface area contributed by atoms with Crippen molar-refractivity contribution in [3.05, 3.63) is 23.8 Å². The first-order valence-corrected chi connectivity index (χ1v) is 9.98. The monoisotopic (exact) mass is 411 g/mol. The van der Waals surface area contributed by atoms with E-state index in [2.05, 4.69) is 15.5 Å². The molecule has 1 aromatic heterocycles. The molecule has 0 aliphatic rings. The molecule has 1 aromatic carbocycles. The Morgan fingerprint density at radius 2 is 1.96 bits per heavy atom. The molecule has 0 aliphatic carbocycles. The highest BCUT2D eigenvalue weighted by Gasteiger charge is 2.12. The number of anilines is 1. The molecule has 0 aliphatic heterocycles. The zero-order valence-corrected chi connectivity index (χ0v) is 16.9. The molecule has 146 valence electrons. The van der Waals surface area contributed by atoms with Gasteiger partial charge in [-0.1, -0.05) is 29.2 Å². The second-order valence-corrected chi connectivity index (χ2v) is 7.40. The molecule has 0 unspecified atom stereocenters. The number of methoxy groups -OCH3 is 2. The van der Waals surface area contributed by atoms with Crippen molar-refractivity contribution in [3.8, 4) is 11.5 Å². The quantitative estimate of drug-likeness (QED) is 0.362. The molecule has 0 radical (unpaired) electrons. The third-order valence-corrected chi connectivity index (χ3v) is 5.31. The standard InChI is InChI=1S/C17H21N3O5S2/c1-4-25-15(22)10-26-17-20-19-16(27-17)18-14(21)8-6-11-5-7-12(23-2)13(9-11)24-3/h5,7,9H,4,6,8,10H2,1-3H3,(H,18,19,21). The van der Waals surface area contributed by atoms with Crippen LogP contribution < -0.4 is 14.8 Å². The average Bonchev–Trinajstić information content (AvgIpc) is 3.12. The highest BCUT2D eigenvalue weighted by atomic mass is 32.2. The van der Waals surface area contributed by atoms with E-state index in [1.807, 2.05) is 18.2 Å². The fourth-order valence-electron chi connectivity index (χ4n) is 2.12. The first-order valence-electron chi connectivity index (χ1n) is 8.18. The molecule has 2 aromatic rings. The van der Waals surface area contributed by atoms with E-state index < -0.39 is 0 Å². The molecule has 0 saturated carbocycles. The molecule has 10 heteroatoms. The highest BCUT2D eigenvalue weighted by Crippen LogP contribution is 2.28. The minimum absolute atomic E-state index is 0.162. The molecule has 0 bridgehead atoms. The maximum atomic E-state index is 12.1. The van der Waals surface area contributed by atoms with Gasteiger partial charge in [-0.15, -0.1) is 10.2 Å². The van der Waals surface area contributed by atoms with E-state index in [1.165, 1.54) is 23.1 Å². The minimum Gasteiger partial charge on any atom is -0.493 e. The van der Waals surface area contributed by atoms with Gasteiger partial charge in [-0.25, -0.2) is 0 Å². The average molecular weight is 412 g/mol. The molecular formula is C17H21N3O5S2. The number of hydrogen-bond donors (Lipinski definition) is 1. The molecule has 27 heavy (non-hydrogen) atoms. The number of carbonyl (C=O) groups is 2. The predicted molar refractivity (Wildman–Crippen MR) is 104 cm³/mol. The van der Waals surface area contributed by atoms with Crippen molar-refractivity contribution in [2.75, 3.05) is 31.9 Å². The maximum absolute atomic E-state index is 12.1. The summed E-state index contributed by atoms with van der Waals surface area (Å²) in [6.07, 6.45) is 0.843. The lowest BCUT2D eigenvalue weighted by Crippen LogP contribution is -2.12. The van der Waals surface area contributed by atoms with Crippen molar-refractivity contribution < 1.29 is 23.8 Å². The van der Waals surface area contributed by atoms with Crippen LogP contribution >= 0.6 is 23.1 Å². The zero-order valence-electron chi connectivity index (χ0n) is 15.3. The Morgan fingerprint density at radius 1 is 1.19 bits per heavy atom. The number of thioether (sulfide) groups is 1. The number of ether oxygens (including phenoxy) is 3. The fraction of sp³-hybridized carbons (Fsp3) is 0.412. The normalized spacial score (nSPS) is 10.3.